The second kappa shape index (κ2) is 11.5. The van der Waals surface area contributed by atoms with E-state index in [0.717, 1.165) is 49.1 Å². The zero-order valence-electron chi connectivity index (χ0n) is 21.0. The molecular weight excluding hydrogens is 483 g/mol. The molecule has 1 atom stereocenters. The molecule has 198 valence electrons. The number of nitro groups is 1. The Morgan fingerprint density at radius 1 is 1.14 bits per heavy atom. The lowest BCUT2D eigenvalue weighted by molar-refractivity contribution is -0.387. The topological polar surface area (TPSA) is 114 Å². The van der Waals surface area contributed by atoms with Gasteiger partial charge < -0.3 is 24.6 Å². The number of rotatable bonds is 8. The van der Waals surface area contributed by atoms with Crippen LogP contribution in [-0.4, -0.2) is 73.5 Å². The van der Waals surface area contributed by atoms with Crippen molar-refractivity contribution in [2.75, 3.05) is 46.9 Å². The Morgan fingerprint density at radius 3 is 2.57 bits per heavy atom. The molecule has 1 saturated heterocycles. The van der Waals surface area contributed by atoms with Gasteiger partial charge in [0.1, 0.15) is 0 Å². The van der Waals surface area contributed by atoms with E-state index in [0.29, 0.717) is 44.2 Å². The Labute approximate surface area is 214 Å². The van der Waals surface area contributed by atoms with Gasteiger partial charge in [0, 0.05) is 44.4 Å². The second-order valence-electron chi connectivity index (χ2n) is 9.30. The number of ether oxygens (including phenoxy) is 2. The zero-order valence-corrected chi connectivity index (χ0v) is 21.0. The number of hydrogen-bond donors (Lipinski definition) is 1. The van der Waals surface area contributed by atoms with Crippen LogP contribution in [-0.2, 0) is 17.8 Å². The number of methoxy groups -OCH3 is 2. The molecule has 11 heteroatoms. The number of amides is 2. The summed E-state index contributed by atoms with van der Waals surface area (Å²) in [6.07, 6.45) is 2.45. The summed E-state index contributed by atoms with van der Waals surface area (Å²) in [4.78, 5) is 39.9. The minimum Gasteiger partial charge on any atom is -0.493 e. The van der Waals surface area contributed by atoms with Crippen LogP contribution in [0.5, 0.6) is 11.5 Å². The van der Waals surface area contributed by atoms with Gasteiger partial charge in [0.15, 0.2) is 11.5 Å². The first-order valence-electron chi connectivity index (χ1n) is 12.3. The van der Waals surface area contributed by atoms with E-state index in [9.17, 15) is 24.1 Å². The average molecular weight is 515 g/mol. The lowest BCUT2D eigenvalue weighted by atomic mass is 9.93. The van der Waals surface area contributed by atoms with E-state index in [1.807, 2.05) is 17.0 Å². The molecule has 1 N–H and O–H groups in total. The van der Waals surface area contributed by atoms with E-state index in [4.69, 9.17) is 9.47 Å². The van der Waals surface area contributed by atoms with E-state index in [1.165, 1.54) is 6.07 Å². The quantitative estimate of drug-likeness (QED) is 0.426. The maximum atomic E-state index is 13.5. The van der Waals surface area contributed by atoms with E-state index in [1.54, 1.807) is 14.2 Å². The highest BCUT2D eigenvalue weighted by Crippen LogP contribution is 2.34. The number of nitrogens with one attached hydrogen (secondary N) is 1. The molecule has 4 rings (SSSR count). The summed E-state index contributed by atoms with van der Waals surface area (Å²) >= 11 is 0. The van der Waals surface area contributed by atoms with Crippen molar-refractivity contribution >= 4 is 17.5 Å². The Bertz CT molecular complexity index is 1190. The normalized spacial score (nSPS) is 17.6. The zero-order chi connectivity index (χ0) is 26.5. The number of halogens is 1. The van der Waals surface area contributed by atoms with E-state index in [2.05, 4.69) is 10.2 Å². The molecule has 0 aromatic heterocycles. The SMILES string of the molecule is COc1cc2c(cc1OC)CN(C(=O)C1CCCN(CCNC(=O)c3ccc(F)c([N+](=O)[O-])c3)C1)CC2. The predicted molar refractivity (Wildman–Crippen MR) is 133 cm³/mol. The van der Waals surface area contributed by atoms with Gasteiger partial charge in [-0.3, -0.25) is 19.7 Å². The van der Waals surface area contributed by atoms with Crippen molar-refractivity contribution in [3.63, 3.8) is 0 Å². The number of benzene rings is 2. The maximum absolute atomic E-state index is 13.5. The number of nitrogens with zero attached hydrogens (tertiary/aromatic N) is 3. The van der Waals surface area contributed by atoms with Gasteiger partial charge in [-0.1, -0.05) is 0 Å². The van der Waals surface area contributed by atoms with Crippen LogP contribution in [0.3, 0.4) is 0 Å². The van der Waals surface area contributed by atoms with Crippen molar-refractivity contribution in [3.8, 4) is 11.5 Å². The fourth-order valence-electron chi connectivity index (χ4n) is 5.01. The van der Waals surface area contributed by atoms with Crippen molar-refractivity contribution < 1.29 is 28.4 Å². The van der Waals surface area contributed by atoms with E-state index < -0.39 is 22.3 Å². The first kappa shape index (κ1) is 26.3. The first-order chi connectivity index (χ1) is 17.8. The fourth-order valence-corrected chi connectivity index (χ4v) is 5.01. The first-order valence-corrected chi connectivity index (χ1v) is 12.3. The minimum atomic E-state index is -0.985. The Morgan fingerprint density at radius 2 is 1.86 bits per heavy atom. The number of carbonyl (C=O) groups excluding carboxylic acids is 2. The predicted octanol–water partition coefficient (Wildman–Crippen LogP) is 2.78. The molecule has 0 radical (unpaired) electrons. The van der Waals surface area contributed by atoms with E-state index in [-0.39, 0.29) is 17.4 Å². The molecule has 37 heavy (non-hydrogen) atoms. The molecule has 1 unspecified atom stereocenters. The molecule has 2 aliphatic rings. The highest BCUT2D eigenvalue weighted by atomic mass is 19.1. The number of carbonyl (C=O) groups is 2. The van der Waals surface area contributed by atoms with Crippen LogP contribution >= 0.6 is 0 Å². The van der Waals surface area contributed by atoms with Crippen molar-refractivity contribution in [1.82, 2.24) is 15.1 Å². The van der Waals surface area contributed by atoms with Gasteiger partial charge in [0.2, 0.25) is 11.7 Å². The molecular formula is C26H31FN4O6. The third-order valence-corrected chi connectivity index (χ3v) is 7.00. The monoisotopic (exact) mass is 514 g/mol. The van der Waals surface area contributed by atoms with Gasteiger partial charge >= 0.3 is 5.69 Å². The highest BCUT2D eigenvalue weighted by molar-refractivity contribution is 5.94. The summed E-state index contributed by atoms with van der Waals surface area (Å²) < 4.78 is 24.3. The number of fused-ring (bicyclic) bond motifs is 1. The lowest BCUT2D eigenvalue weighted by Crippen LogP contribution is -2.47. The lowest BCUT2D eigenvalue weighted by Gasteiger charge is -2.37. The van der Waals surface area contributed by atoms with Crippen LogP contribution in [0, 0.1) is 21.8 Å². The fraction of sp³-hybridized carbons (Fsp3) is 0.462. The van der Waals surface area contributed by atoms with Gasteiger partial charge in [0.05, 0.1) is 25.1 Å². The maximum Gasteiger partial charge on any atom is 0.305 e. The summed E-state index contributed by atoms with van der Waals surface area (Å²) in [7, 11) is 3.20. The third-order valence-electron chi connectivity index (χ3n) is 7.00. The summed E-state index contributed by atoms with van der Waals surface area (Å²) in [6, 6.07) is 6.99. The van der Waals surface area contributed by atoms with Crippen LogP contribution in [0.15, 0.2) is 30.3 Å². The van der Waals surface area contributed by atoms with Gasteiger partial charge in [-0.2, -0.15) is 4.39 Å². The van der Waals surface area contributed by atoms with Crippen LogP contribution in [0.4, 0.5) is 10.1 Å². The van der Waals surface area contributed by atoms with Gasteiger partial charge in [-0.25, -0.2) is 0 Å². The van der Waals surface area contributed by atoms with Crippen LogP contribution < -0.4 is 14.8 Å². The van der Waals surface area contributed by atoms with Crippen LogP contribution in [0.2, 0.25) is 0 Å². The van der Waals surface area contributed by atoms with Crippen molar-refractivity contribution in [1.29, 1.82) is 0 Å². The average Bonchev–Trinajstić information content (AvgIpc) is 2.91. The Kier molecular flexibility index (Phi) is 8.22. The molecule has 2 heterocycles. The Hall–Kier alpha value is -3.73. The molecule has 2 aromatic carbocycles. The molecule has 0 bridgehead atoms. The standard InChI is InChI=1S/C26H31FN4O6/c1-36-23-13-17-7-10-30(16-20(17)14-24(23)37-2)26(33)19-4-3-9-29(15-19)11-8-28-25(32)18-5-6-21(27)22(12-18)31(34)35/h5-6,12-14,19H,3-4,7-11,15-16H2,1-2H3,(H,28,32). The smallest absolute Gasteiger partial charge is 0.305 e. The summed E-state index contributed by atoms with van der Waals surface area (Å²) in [6.45, 7) is 3.46. The van der Waals surface area contributed by atoms with Crippen LogP contribution in [0.25, 0.3) is 0 Å². The van der Waals surface area contributed by atoms with Crippen LogP contribution in [0.1, 0.15) is 34.3 Å². The summed E-state index contributed by atoms with van der Waals surface area (Å²) in [5.41, 5.74) is 1.52. The Balaban J connectivity index is 1.30. The molecule has 0 aliphatic carbocycles. The second-order valence-corrected chi connectivity index (χ2v) is 9.30. The molecule has 0 spiro atoms. The summed E-state index contributed by atoms with van der Waals surface area (Å²) in [5.74, 6) is -0.141. The van der Waals surface area contributed by atoms with Crippen molar-refractivity contribution in [2.24, 2.45) is 5.92 Å². The van der Waals surface area contributed by atoms with Gasteiger partial charge in [-0.15, -0.1) is 0 Å². The van der Waals surface area contributed by atoms with Gasteiger partial charge in [-0.05, 0) is 61.2 Å². The largest absolute Gasteiger partial charge is 0.493 e. The molecule has 2 aromatic rings. The van der Waals surface area contributed by atoms with E-state index >= 15 is 0 Å². The molecule has 10 nitrogen and oxygen atoms in total. The summed E-state index contributed by atoms with van der Waals surface area (Å²) in [5, 5.41) is 13.6. The molecule has 2 aliphatic heterocycles. The third kappa shape index (κ3) is 5.99. The van der Waals surface area contributed by atoms with Crippen molar-refractivity contribution in [2.45, 2.75) is 25.8 Å². The molecule has 1 fully saturated rings. The molecule has 0 saturated carbocycles. The highest BCUT2D eigenvalue weighted by Gasteiger charge is 2.31. The number of nitro benzene ring substituents is 1. The number of piperidine rings is 1. The van der Waals surface area contributed by atoms with Crippen molar-refractivity contribution in [3.05, 3.63) is 63.0 Å². The van der Waals surface area contributed by atoms with Gasteiger partial charge in [0.25, 0.3) is 5.91 Å². The number of likely N-dealkylation sites (tertiary alicyclic amines) is 1. The number of hydrogen-bond acceptors (Lipinski definition) is 7. The molecule has 2 amide bonds. The minimum absolute atomic E-state index is 0.0272.